The molecule has 0 radical (unpaired) electrons. The summed E-state index contributed by atoms with van der Waals surface area (Å²) in [5.74, 6) is 0.957. The Morgan fingerprint density at radius 1 is 1.25 bits per heavy atom. The molecule has 1 aromatic carbocycles. The van der Waals surface area contributed by atoms with Gasteiger partial charge in [0.15, 0.2) is 5.78 Å². The van der Waals surface area contributed by atoms with Crippen LogP contribution in [0.5, 0.6) is 0 Å². The average molecular weight is 412 g/mol. The van der Waals surface area contributed by atoms with Crippen LogP contribution in [0.15, 0.2) is 35.6 Å². The van der Waals surface area contributed by atoms with E-state index in [1.165, 1.54) is 35.5 Å². The normalized spacial score (nSPS) is 16.0. The Morgan fingerprint density at radius 2 is 2.04 bits per heavy atom. The maximum absolute atomic E-state index is 12.6. The van der Waals surface area contributed by atoms with Crippen molar-refractivity contribution in [2.75, 3.05) is 11.1 Å². The second-order valence-electron chi connectivity index (χ2n) is 7.18. The van der Waals surface area contributed by atoms with Crippen LogP contribution in [-0.2, 0) is 17.6 Å². The van der Waals surface area contributed by atoms with Crippen LogP contribution in [0.4, 0.5) is 5.69 Å². The predicted octanol–water partition coefficient (Wildman–Crippen LogP) is 4.75. The number of carbonyl (C=O) groups is 2. The van der Waals surface area contributed by atoms with Gasteiger partial charge in [0, 0.05) is 28.4 Å². The van der Waals surface area contributed by atoms with Gasteiger partial charge in [-0.3, -0.25) is 9.59 Å². The van der Waals surface area contributed by atoms with Crippen molar-refractivity contribution in [1.82, 2.24) is 9.97 Å². The summed E-state index contributed by atoms with van der Waals surface area (Å²) in [5.41, 5.74) is 2.70. The van der Waals surface area contributed by atoms with Crippen molar-refractivity contribution in [3.63, 3.8) is 0 Å². The Kier molecular flexibility index (Phi) is 5.46. The first-order chi connectivity index (χ1) is 13.5. The van der Waals surface area contributed by atoms with Gasteiger partial charge in [0.25, 0.3) is 0 Å². The number of anilines is 1. The zero-order valence-electron chi connectivity index (χ0n) is 15.8. The van der Waals surface area contributed by atoms with Crippen molar-refractivity contribution in [3.8, 4) is 0 Å². The molecule has 28 heavy (non-hydrogen) atoms. The van der Waals surface area contributed by atoms with Gasteiger partial charge in [-0.2, -0.15) is 0 Å². The second-order valence-corrected chi connectivity index (χ2v) is 9.23. The van der Waals surface area contributed by atoms with Gasteiger partial charge in [0.2, 0.25) is 5.91 Å². The predicted molar refractivity (Wildman–Crippen MR) is 114 cm³/mol. The molecule has 2 heterocycles. The number of rotatable bonds is 5. The zero-order valence-corrected chi connectivity index (χ0v) is 17.5. The Morgan fingerprint density at radius 3 is 2.79 bits per heavy atom. The molecule has 0 spiro atoms. The molecular weight excluding hydrogens is 390 g/mol. The molecular formula is C21H21N3O2S2. The van der Waals surface area contributed by atoms with E-state index >= 15 is 0 Å². The van der Waals surface area contributed by atoms with Gasteiger partial charge in [-0.05, 0) is 55.0 Å². The Balaban J connectivity index is 1.51. The molecule has 0 fully saturated rings. The number of nitrogens with zero attached hydrogens (tertiary/aromatic N) is 2. The van der Waals surface area contributed by atoms with Gasteiger partial charge in [-0.15, -0.1) is 11.3 Å². The van der Waals surface area contributed by atoms with Crippen molar-refractivity contribution in [2.45, 2.75) is 38.1 Å². The third-order valence-corrected chi connectivity index (χ3v) is 7.08. The maximum atomic E-state index is 12.6. The SMILES string of the molecule is CC(=O)Nc1ccc(C(=O)CSc2ncnc3sc4c(c23)CC[C@@H](C)C4)cc1. The van der Waals surface area contributed by atoms with Gasteiger partial charge in [-0.25, -0.2) is 9.97 Å². The van der Waals surface area contributed by atoms with Gasteiger partial charge in [0.05, 0.1) is 5.75 Å². The highest BCUT2D eigenvalue weighted by atomic mass is 32.2. The monoisotopic (exact) mass is 411 g/mol. The van der Waals surface area contributed by atoms with Crippen molar-refractivity contribution < 1.29 is 9.59 Å². The second kappa shape index (κ2) is 8.01. The van der Waals surface area contributed by atoms with E-state index in [1.54, 1.807) is 41.9 Å². The first kappa shape index (κ1) is 19.1. The van der Waals surface area contributed by atoms with Crippen LogP contribution in [-0.4, -0.2) is 27.4 Å². The number of hydrogen-bond acceptors (Lipinski definition) is 6. The van der Waals surface area contributed by atoms with E-state index in [2.05, 4.69) is 22.2 Å². The number of thiophene rings is 1. The number of benzene rings is 1. The summed E-state index contributed by atoms with van der Waals surface area (Å²) in [4.78, 5) is 35.1. The molecule has 3 aromatic rings. The van der Waals surface area contributed by atoms with Gasteiger partial charge >= 0.3 is 0 Å². The third kappa shape index (κ3) is 3.95. The molecule has 1 aliphatic rings. The molecule has 0 saturated heterocycles. The molecule has 0 aliphatic heterocycles. The lowest BCUT2D eigenvalue weighted by atomic mass is 9.89. The molecule has 5 nitrogen and oxygen atoms in total. The summed E-state index contributed by atoms with van der Waals surface area (Å²) >= 11 is 3.25. The largest absolute Gasteiger partial charge is 0.326 e. The van der Waals surface area contributed by atoms with Crippen LogP contribution in [0, 0.1) is 5.92 Å². The summed E-state index contributed by atoms with van der Waals surface area (Å²) in [6, 6.07) is 6.99. The fourth-order valence-electron chi connectivity index (χ4n) is 3.52. The summed E-state index contributed by atoms with van der Waals surface area (Å²) in [6.45, 7) is 3.76. The maximum Gasteiger partial charge on any atom is 0.221 e. The van der Waals surface area contributed by atoms with Gasteiger partial charge in [0.1, 0.15) is 16.2 Å². The quantitative estimate of drug-likeness (QED) is 0.373. The van der Waals surface area contributed by atoms with E-state index < -0.39 is 0 Å². The number of fused-ring (bicyclic) bond motifs is 3. The lowest BCUT2D eigenvalue weighted by molar-refractivity contribution is -0.114. The summed E-state index contributed by atoms with van der Waals surface area (Å²) in [6.07, 6.45) is 4.97. The van der Waals surface area contributed by atoms with Crippen molar-refractivity contribution in [3.05, 3.63) is 46.6 Å². The molecule has 144 valence electrons. The van der Waals surface area contributed by atoms with E-state index in [9.17, 15) is 9.59 Å². The lowest BCUT2D eigenvalue weighted by Gasteiger charge is -2.18. The minimum absolute atomic E-state index is 0.0452. The van der Waals surface area contributed by atoms with Crippen LogP contribution in [0.1, 0.15) is 41.1 Å². The van der Waals surface area contributed by atoms with Crippen LogP contribution in [0.3, 0.4) is 0 Å². The molecule has 0 bridgehead atoms. The lowest BCUT2D eigenvalue weighted by Crippen LogP contribution is -2.09. The standard InChI is InChI=1S/C21H21N3O2S2/c1-12-3-8-16-18(9-12)28-21-19(16)20(22-11-23-21)27-10-17(26)14-4-6-15(7-5-14)24-13(2)25/h4-7,11-12H,3,8-10H2,1-2H3,(H,24,25)/t12-/m1/s1. The molecule has 4 rings (SSSR count). The molecule has 7 heteroatoms. The molecule has 0 unspecified atom stereocenters. The van der Waals surface area contributed by atoms with E-state index in [4.69, 9.17) is 0 Å². The van der Waals surface area contributed by atoms with Gasteiger partial charge in [-0.1, -0.05) is 18.7 Å². The zero-order chi connectivity index (χ0) is 19.7. The fraction of sp³-hybridized carbons (Fsp3) is 0.333. The first-order valence-electron chi connectivity index (χ1n) is 9.30. The van der Waals surface area contributed by atoms with Crippen molar-refractivity contribution >= 4 is 50.7 Å². The Bertz CT molecular complexity index is 1040. The third-order valence-electron chi connectivity index (χ3n) is 4.92. The summed E-state index contributed by atoms with van der Waals surface area (Å²) < 4.78 is 0. The van der Waals surface area contributed by atoms with E-state index in [0.29, 0.717) is 22.9 Å². The van der Waals surface area contributed by atoms with E-state index in [-0.39, 0.29) is 11.7 Å². The number of ketones is 1. The summed E-state index contributed by atoms with van der Waals surface area (Å²) in [5, 5.41) is 4.76. The Hall–Kier alpha value is -2.25. The molecule has 1 amide bonds. The number of hydrogen-bond donors (Lipinski definition) is 1. The topological polar surface area (TPSA) is 72.0 Å². The number of Topliss-reactive ketones (excluding diaryl/α,β-unsaturated/α-hetero) is 1. The number of aromatic nitrogens is 2. The smallest absolute Gasteiger partial charge is 0.221 e. The molecule has 1 atom stereocenters. The number of carbonyl (C=O) groups excluding carboxylic acids is 2. The van der Waals surface area contributed by atoms with Crippen molar-refractivity contribution in [1.29, 1.82) is 0 Å². The van der Waals surface area contributed by atoms with Crippen LogP contribution in [0.2, 0.25) is 0 Å². The van der Waals surface area contributed by atoms with E-state index in [0.717, 1.165) is 28.1 Å². The van der Waals surface area contributed by atoms with Crippen LogP contribution >= 0.6 is 23.1 Å². The number of aryl methyl sites for hydroxylation is 1. The molecule has 1 N–H and O–H groups in total. The summed E-state index contributed by atoms with van der Waals surface area (Å²) in [7, 11) is 0. The highest BCUT2D eigenvalue weighted by Gasteiger charge is 2.23. The molecule has 2 aromatic heterocycles. The van der Waals surface area contributed by atoms with Crippen LogP contribution < -0.4 is 5.32 Å². The minimum atomic E-state index is -0.129. The Labute approximate surface area is 172 Å². The average Bonchev–Trinajstić information content (AvgIpc) is 3.04. The molecule has 1 aliphatic carbocycles. The highest BCUT2D eigenvalue weighted by molar-refractivity contribution is 8.00. The molecule has 0 saturated carbocycles. The number of thioether (sulfide) groups is 1. The van der Waals surface area contributed by atoms with Crippen molar-refractivity contribution in [2.24, 2.45) is 5.92 Å². The fourth-order valence-corrected chi connectivity index (χ4v) is 5.85. The van der Waals surface area contributed by atoms with E-state index in [1.807, 2.05) is 0 Å². The van der Waals surface area contributed by atoms with Crippen LogP contribution in [0.25, 0.3) is 10.2 Å². The number of nitrogens with one attached hydrogen (secondary N) is 1. The van der Waals surface area contributed by atoms with Gasteiger partial charge < -0.3 is 5.32 Å². The highest BCUT2D eigenvalue weighted by Crippen LogP contribution is 2.40. The first-order valence-corrected chi connectivity index (χ1v) is 11.1. The number of amides is 1. The minimum Gasteiger partial charge on any atom is -0.326 e.